The van der Waals surface area contributed by atoms with Gasteiger partial charge in [-0.25, -0.2) is 42.5 Å². The van der Waals surface area contributed by atoms with E-state index < -0.39 is 17.1 Å². The molecule has 0 atom stereocenters. The molecule has 0 aliphatic carbocycles. The minimum atomic E-state index is -0.695. The van der Waals surface area contributed by atoms with Gasteiger partial charge in [-0.3, -0.25) is 0 Å². The lowest BCUT2D eigenvalue weighted by molar-refractivity contribution is 0.251. The highest BCUT2D eigenvalue weighted by molar-refractivity contribution is 5.90. The molecule has 342 valence electrons. The lowest BCUT2D eigenvalue weighted by Gasteiger charge is -2.15. The van der Waals surface area contributed by atoms with Gasteiger partial charge in [0.05, 0.1) is 0 Å². The molecule has 63 heavy (non-hydrogen) atoms. The van der Waals surface area contributed by atoms with Gasteiger partial charge in [0.1, 0.15) is 0 Å². The second-order valence-electron chi connectivity index (χ2n) is 16.0. The normalized spacial score (nSPS) is 10.9. The van der Waals surface area contributed by atoms with Crippen LogP contribution in [0.3, 0.4) is 0 Å². The Hall–Kier alpha value is -6.12. The quantitative estimate of drug-likeness (QED) is 0.0329. The maximum atomic E-state index is 13.6. The summed E-state index contributed by atoms with van der Waals surface area (Å²) in [4.78, 5) is 78.5. The first-order valence-electron chi connectivity index (χ1n) is 23.0. The molecule has 4 rings (SSSR count). The summed E-state index contributed by atoms with van der Waals surface area (Å²) in [5.41, 5.74) is 3.63. The Morgan fingerprint density at radius 2 is 0.635 bits per heavy atom. The fourth-order valence-corrected chi connectivity index (χ4v) is 6.98. The second-order valence-corrected chi connectivity index (χ2v) is 16.0. The number of carbonyl (C=O) groups is 3. The number of nitrogens with one attached hydrogen (secondary N) is 6. The molecule has 6 amide bonds. The van der Waals surface area contributed by atoms with Crippen molar-refractivity contribution in [3.8, 4) is 0 Å². The first-order chi connectivity index (χ1) is 30.6. The van der Waals surface area contributed by atoms with Crippen LogP contribution in [0.15, 0.2) is 87.2 Å². The van der Waals surface area contributed by atoms with Gasteiger partial charge < -0.3 is 31.9 Å². The van der Waals surface area contributed by atoms with E-state index in [2.05, 4.69) is 52.7 Å². The van der Waals surface area contributed by atoms with Crippen molar-refractivity contribution in [3.63, 3.8) is 0 Å². The van der Waals surface area contributed by atoms with Crippen molar-refractivity contribution in [2.45, 2.75) is 137 Å². The van der Waals surface area contributed by atoms with Gasteiger partial charge in [0, 0.05) is 56.3 Å². The molecule has 0 aliphatic rings. The first-order valence-corrected chi connectivity index (χ1v) is 23.0. The zero-order valence-corrected chi connectivity index (χ0v) is 37.6. The molecular weight excluding hydrogens is 799 g/mol. The number of hydrogen-bond acceptors (Lipinski definition) is 6. The molecule has 1 heterocycles. The minimum Gasteiger partial charge on any atom is -0.338 e. The zero-order chi connectivity index (χ0) is 45.2. The van der Waals surface area contributed by atoms with E-state index in [1.165, 1.54) is 16.7 Å². The molecule has 0 aliphatic heterocycles. The predicted molar refractivity (Wildman–Crippen MR) is 253 cm³/mol. The summed E-state index contributed by atoms with van der Waals surface area (Å²) in [5, 5.41) is 17.0. The second kappa shape index (κ2) is 27.7. The Morgan fingerprint density at radius 3 is 0.873 bits per heavy atom. The minimum absolute atomic E-state index is 0.0586. The van der Waals surface area contributed by atoms with Crippen LogP contribution in [0.1, 0.15) is 115 Å². The van der Waals surface area contributed by atoms with E-state index in [0.717, 1.165) is 71.5 Å². The van der Waals surface area contributed by atoms with Gasteiger partial charge in [0.15, 0.2) is 0 Å². The number of unbranched alkanes of at least 4 members (excludes halogenated alkanes) is 6. The van der Waals surface area contributed by atoms with Crippen LogP contribution in [0.2, 0.25) is 0 Å². The molecule has 0 radical (unpaired) electrons. The van der Waals surface area contributed by atoms with Crippen LogP contribution in [-0.4, -0.2) is 51.4 Å². The van der Waals surface area contributed by atoms with Crippen LogP contribution in [0.25, 0.3) is 0 Å². The third-order valence-electron chi connectivity index (χ3n) is 10.8. The third-order valence-corrected chi connectivity index (χ3v) is 10.8. The van der Waals surface area contributed by atoms with E-state index in [4.69, 9.17) is 0 Å². The largest absolute Gasteiger partial charge is 0.338 e. The highest BCUT2D eigenvalue weighted by Gasteiger charge is 2.16. The summed E-state index contributed by atoms with van der Waals surface area (Å²) in [7, 11) is 0. The highest BCUT2D eigenvalue weighted by atomic mass is 16.2. The fourth-order valence-electron chi connectivity index (χ4n) is 6.98. The average Bonchev–Trinajstić information content (AvgIpc) is 3.28. The Balaban J connectivity index is 1.30. The molecule has 1 aromatic heterocycles. The molecule has 0 unspecified atom stereocenters. The van der Waals surface area contributed by atoms with Gasteiger partial charge in [0.2, 0.25) is 0 Å². The van der Waals surface area contributed by atoms with E-state index in [1.807, 2.05) is 72.8 Å². The van der Waals surface area contributed by atoms with E-state index in [-0.39, 0.29) is 37.7 Å². The van der Waals surface area contributed by atoms with Gasteiger partial charge in [-0.15, -0.1) is 0 Å². The lowest BCUT2D eigenvalue weighted by Crippen LogP contribution is -2.54. The van der Waals surface area contributed by atoms with E-state index in [9.17, 15) is 28.8 Å². The fraction of sp³-hybridized carbons (Fsp3) is 0.500. The SMILES string of the molecule is CCCCc1ccc(NC(=O)NCCCCn2c(=O)n(CCCCNC(=O)Nc3ccc(CCCC)cc3)c(=O)n(CCCCNC(=O)Nc3ccc(CCCC)cc3)c2=O)cc1. The molecule has 0 saturated carbocycles. The molecule has 3 aromatic carbocycles. The summed E-state index contributed by atoms with van der Waals surface area (Å²) in [6.45, 7) is 7.58. The number of rotatable bonds is 27. The van der Waals surface area contributed by atoms with Crippen molar-refractivity contribution < 1.29 is 14.4 Å². The van der Waals surface area contributed by atoms with Gasteiger partial charge in [-0.05, 0) is 130 Å². The number of aryl methyl sites for hydroxylation is 3. The molecule has 0 fully saturated rings. The van der Waals surface area contributed by atoms with Gasteiger partial charge >= 0.3 is 35.2 Å². The molecule has 4 aromatic rings. The van der Waals surface area contributed by atoms with Crippen LogP contribution in [0, 0.1) is 0 Å². The molecule has 0 spiro atoms. The third kappa shape index (κ3) is 17.6. The van der Waals surface area contributed by atoms with Crippen LogP contribution in [0.5, 0.6) is 0 Å². The first kappa shape index (κ1) is 49.5. The van der Waals surface area contributed by atoms with Crippen molar-refractivity contribution >= 4 is 35.2 Å². The van der Waals surface area contributed by atoms with Crippen molar-refractivity contribution in [2.75, 3.05) is 35.6 Å². The zero-order valence-electron chi connectivity index (χ0n) is 37.6. The number of anilines is 3. The van der Waals surface area contributed by atoms with Gasteiger partial charge in [-0.1, -0.05) is 76.4 Å². The Kier molecular flexibility index (Phi) is 21.8. The smallest absolute Gasteiger partial charge is 0.336 e. The van der Waals surface area contributed by atoms with Crippen LogP contribution < -0.4 is 49.0 Å². The van der Waals surface area contributed by atoms with Crippen molar-refractivity contribution in [1.29, 1.82) is 0 Å². The Bertz CT molecular complexity index is 1900. The van der Waals surface area contributed by atoms with Gasteiger partial charge in [-0.2, -0.15) is 0 Å². The van der Waals surface area contributed by atoms with E-state index in [1.54, 1.807) is 0 Å². The number of urea groups is 3. The predicted octanol–water partition coefficient (Wildman–Crippen LogP) is 8.01. The van der Waals surface area contributed by atoms with E-state index >= 15 is 0 Å². The molecule has 0 saturated heterocycles. The standard InChI is InChI=1S/C48H69N9O6/c1-4-7-16-37-19-25-40(26-20-37)52-43(58)49-31-10-13-34-55-46(61)56(35-14-11-32-50-44(59)53-41-27-21-38(22-28-41)17-8-5-2)48(63)57(47(55)62)36-15-12-33-51-45(60)54-42-29-23-39(24-30-42)18-9-6-3/h19-30H,4-18,31-36H2,1-3H3,(H2,49,52,58)(H2,50,53,59)(H2,51,54,60). The number of carbonyl (C=O) groups excluding carboxylic acids is 3. The Morgan fingerprint density at radius 1 is 0.381 bits per heavy atom. The maximum Gasteiger partial charge on any atom is 0.336 e. The topological polar surface area (TPSA) is 189 Å². The van der Waals surface area contributed by atoms with Crippen molar-refractivity contribution in [3.05, 3.63) is 121 Å². The molecule has 6 N–H and O–H groups in total. The molecule has 15 heteroatoms. The summed E-state index contributed by atoms with van der Waals surface area (Å²) < 4.78 is 3.25. The average molecular weight is 868 g/mol. The van der Waals surface area contributed by atoms with E-state index in [0.29, 0.717) is 75.2 Å². The molecule has 0 bridgehead atoms. The summed E-state index contributed by atoms with van der Waals surface area (Å²) >= 11 is 0. The van der Waals surface area contributed by atoms with Crippen LogP contribution >= 0.6 is 0 Å². The van der Waals surface area contributed by atoms with Gasteiger partial charge in [0.25, 0.3) is 0 Å². The summed E-state index contributed by atoms with van der Waals surface area (Å²) in [6.07, 6.45) is 12.3. The monoisotopic (exact) mass is 868 g/mol. The number of benzene rings is 3. The Labute approximate surface area is 371 Å². The van der Waals surface area contributed by atoms with Crippen molar-refractivity contribution in [2.24, 2.45) is 0 Å². The van der Waals surface area contributed by atoms with Crippen LogP contribution in [0.4, 0.5) is 31.4 Å². The number of hydrogen-bond donors (Lipinski definition) is 6. The van der Waals surface area contributed by atoms with Crippen LogP contribution in [-0.2, 0) is 38.9 Å². The number of amides is 6. The molecule has 15 nitrogen and oxygen atoms in total. The molecular formula is C48H69N9O6. The number of nitrogens with zero attached hydrogens (tertiary/aromatic N) is 3. The summed E-state index contributed by atoms with van der Waals surface area (Å²) in [6, 6.07) is 22.2. The number of aromatic nitrogens is 3. The maximum absolute atomic E-state index is 13.6. The lowest BCUT2D eigenvalue weighted by atomic mass is 10.1. The van der Waals surface area contributed by atoms with Crippen molar-refractivity contribution in [1.82, 2.24) is 29.7 Å². The summed E-state index contributed by atoms with van der Waals surface area (Å²) in [5.74, 6) is 0. The highest BCUT2D eigenvalue weighted by Crippen LogP contribution is 2.14.